The number of nitrogens with zero attached hydrogens (tertiary/aromatic N) is 4. The molecule has 5 heteroatoms. The van der Waals surface area contributed by atoms with Gasteiger partial charge in [0.1, 0.15) is 5.82 Å². The minimum atomic E-state index is 0.589. The SMILES string of the molecule is Cc1cc(C)c2cc(CCCn3ccnc3)c(N)nc2n1. The summed E-state index contributed by atoms with van der Waals surface area (Å²) in [5.74, 6) is 0.589. The molecule has 0 unspecified atom stereocenters. The molecule has 0 aliphatic heterocycles. The summed E-state index contributed by atoms with van der Waals surface area (Å²) in [5, 5.41) is 1.09. The van der Waals surface area contributed by atoms with Gasteiger partial charge in [-0.1, -0.05) is 0 Å². The van der Waals surface area contributed by atoms with E-state index in [1.165, 1.54) is 5.56 Å². The van der Waals surface area contributed by atoms with Gasteiger partial charge in [-0.25, -0.2) is 15.0 Å². The zero-order valence-corrected chi connectivity index (χ0v) is 12.4. The van der Waals surface area contributed by atoms with Crippen LogP contribution in [0.25, 0.3) is 11.0 Å². The van der Waals surface area contributed by atoms with E-state index >= 15 is 0 Å². The molecule has 3 rings (SSSR count). The van der Waals surface area contributed by atoms with Crippen LogP contribution in [-0.2, 0) is 13.0 Å². The number of aryl methyl sites for hydroxylation is 4. The van der Waals surface area contributed by atoms with Crippen molar-refractivity contribution in [2.75, 3.05) is 5.73 Å². The lowest BCUT2D eigenvalue weighted by Gasteiger charge is -2.09. The van der Waals surface area contributed by atoms with Crippen LogP contribution in [0.2, 0.25) is 0 Å². The molecule has 2 N–H and O–H groups in total. The standard InChI is InChI=1S/C16H19N5/c1-11-8-12(2)19-16-14(11)9-13(15(17)20-16)4-3-6-21-7-5-18-10-21/h5,7-10H,3-4,6H2,1-2H3,(H2,17,19,20). The first-order valence-corrected chi connectivity index (χ1v) is 7.12. The first-order chi connectivity index (χ1) is 10.1. The molecule has 0 spiro atoms. The van der Waals surface area contributed by atoms with E-state index in [9.17, 15) is 0 Å². The molecule has 0 atom stereocenters. The lowest BCUT2D eigenvalue weighted by Crippen LogP contribution is -2.03. The molecule has 3 heterocycles. The molecule has 0 radical (unpaired) electrons. The van der Waals surface area contributed by atoms with E-state index in [2.05, 4.69) is 38.6 Å². The van der Waals surface area contributed by atoms with Crippen LogP contribution < -0.4 is 5.73 Å². The molecule has 108 valence electrons. The summed E-state index contributed by atoms with van der Waals surface area (Å²) < 4.78 is 2.07. The van der Waals surface area contributed by atoms with Crippen molar-refractivity contribution in [2.24, 2.45) is 0 Å². The topological polar surface area (TPSA) is 69.6 Å². The summed E-state index contributed by atoms with van der Waals surface area (Å²) in [5.41, 5.74) is 10.1. The average Bonchev–Trinajstić information content (AvgIpc) is 2.93. The summed E-state index contributed by atoms with van der Waals surface area (Å²) in [6.07, 6.45) is 7.51. The van der Waals surface area contributed by atoms with Crippen molar-refractivity contribution < 1.29 is 0 Å². The van der Waals surface area contributed by atoms with Crippen molar-refractivity contribution >= 4 is 16.9 Å². The van der Waals surface area contributed by atoms with Crippen LogP contribution in [0.3, 0.4) is 0 Å². The molecule has 0 fully saturated rings. The minimum Gasteiger partial charge on any atom is -0.383 e. The maximum absolute atomic E-state index is 6.08. The van der Waals surface area contributed by atoms with E-state index in [1.54, 1.807) is 6.20 Å². The molecule has 3 aromatic heterocycles. The van der Waals surface area contributed by atoms with Crippen LogP contribution >= 0.6 is 0 Å². The van der Waals surface area contributed by atoms with Gasteiger partial charge < -0.3 is 10.3 Å². The van der Waals surface area contributed by atoms with E-state index in [-0.39, 0.29) is 0 Å². The quantitative estimate of drug-likeness (QED) is 0.798. The Labute approximate surface area is 123 Å². The Kier molecular flexibility index (Phi) is 3.56. The molecule has 0 saturated carbocycles. The van der Waals surface area contributed by atoms with E-state index in [0.29, 0.717) is 5.82 Å². The average molecular weight is 281 g/mol. The molecular weight excluding hydrogens is 262 g/mol. The second-order valence-electron chi connectivity index (χ2n) is 5.39. The Balaban J connectivity index is 1.83. The Morgan fingerprint density at radius 1 is 1.19 bits per heavy atom. The maximum Gasteiger partial charge on any atom is 0.162 e. The lowest BCUT2D eigenvalue weighted by molar-refractivity contribution is 0.642. The van der Waals surface area contributed by atoms with Gasteiger partial charge in [-0.2, -0.15) is 0 Å². The predicted molar refractivity (Wildman–Crippen MR) is 84.0 cm³/mol. The van der Waals surface area contributed by atoms with Gasteiger partial charge in [-0.05, 0) is 49.9 Å². The van der Waals surface area contributed by atoms with Gasteiger partial charge in [0.25, 0.3) is 0 Å². The largest absolute Gasteiger partial charge is 0.383 e. The van der Waals surface area contributed by atoms with Gasteiger partial charge in [0.05, 0.1) is 6.33 Å². The van der Waals surface area contributed by atoms with Gasteiger partial charge in [0.2, 0.25) is 0 Å². The van der Waals surface area contributed by atoms with E-state index in [0.717, 1.165) is 41.7 Å². The van der Waals surface area contributed by atoms with Crippen molar-refractivity contribution in [3.8, 4) is 0 Å². The fourth-order valence-electron chi connectivity index (χ4n) is 2.60. The van der Waals surface area contributed by atoms with Crippen molar-refractivity contribution in [1.82, 2.24) is 19.5 Å². The molecule has 0 aliphatic carbocycles. The highest BCUT2D eigenvalue weighted by molar-refractivity contribution is 5.81. The number of imidazole rings is 1. The maximum atomic E-state index is 6.08. The number of anilines is 1. The Hall–Kier alpha value is -2.43. The van der Waals surface area contributed by atoms with Gasteiger partial charge in [-0.15, -0.1) is 0 Å². The number of pyridine rings is 2. The molecular formula is C16H19N5. The highest BCUT2D eigenvalue weighted by atomic mass is 15.0. The van der Waals surface area contributed by atoms with Gasteiger partial charge in [0, 0.05) is 30.0 Å². The molecule has 5 nitrogen and oxygen atoms in total. The third-order valence-corrected chi connectivity index (χ3v) is 3.67. The summed E-state index contributed by atoms with van der Waals surface area (Å²) in [4.78, 5) is 13.0. The number of nitrogen functional groups attached to an aromatic ring is 1. The lowest BCUT2D eigenvalue weighted by atomic mass is 10.1. The van der Waals surface area contributed by atoms with Gasteiger partial charge in [-0.3, -0.25) is 0 Å². The zero-order chi connectivity index (χ0) is 14.8. The van der Waals surface area contributed by atoms with Crippen LogP contribution in [0.4, 0.5) is 5.82 Å². The van der Waals surface area contributed by atoms with Crippen molar-refractivity contribution in [1.29, 1.82) is 0 Å². The third kappa shape index (κ3) is 2.86. The molecule has 0 bridgehead atoms. The second-order valence-corrected chi connectivity index (χ2v) is 5.39. The van der Waals surface area contributed by atoms with Crippen LogP contribution in [-0.4, -0.2) is 19.5 Å². The van der Waals surface area contributed by atoms with Crippen LogP contribution in [0.5, 0.6) is 0 Å². The smallest absolute Gasteiger partial charge is 0.162 e. The van der Waals surface area contributed by atoms with Crippen molar-refractivity contribution in [3.05, 3.63) is 47.7 Å². The van der Waals surface area contributed by atoms with Crippen LogP contribution in [0.15, 0.2) is 30.9 Å². The molecule has 21 heavy (non-hydrogen) atoms. The molecule has 0 aromatic carbocycles. The number of fused-ring (bicyclic) bond motifs is 1. The molecule has 0 aliphatic rings. The first-order valence-electron chi connectivity index (χ1n) is 7.12. The van der Waals surface area contributed by atoms with Crippen LogP contribution in [0.1, 0.15) is 23.2 Å². The Morgan fingerprint density at radius 3 is 2.81 bits per heavy atom. The van der Waals surface area contributed by atoms with Crippen molar-refractivity contribution in [2.45, 2.75) is 33.2 Å². The minimum absolute atomic E-state index is 0.589. The number of nitrogens with two attached hydrogens (primary N) is 1. The number of aromatic nitrogens is 4. The molecule has 0 amide bonds. The Bertz CT molecular complexity index is 762. The number of rotatable bonds is 4. The molecule has 3 aromatic rings. The monoisotopic (exact) mass is 281 g/mol. The first kappa shape index (κ1) is 13.5. The summed E-state index contributed by atoms with van der Waals surface area (Å²) >= 11 is 0. The van der Waals surface area contributed by atoms with E-state index in [4.69, 9.17) is 5.73 Å². The fourth-order valence-corrected chi connectivity index (χ4v) is 2.60. The normalized spacial score (nSPS) is 11.1. The van der Waals surface area contributed by atoms with Gasteiger partial charge in [0.15, 0.2) is 5.65 Å². The second kappa shape index (κ2) is 5.52. The van der Waals surface area contributed by atoms with Gasteiger partial charge >= 0.3 is 0 Å². The highest BCUT2D eigenvalue weighted by Gasteiger charge is 2.08. The summed E-state index contributed by atoms with van der Waals surface area (Å²) in [6, 6.07) is 4.21. The van der Waals surface area contributed by atoms with E-state index in [1.807, 2.05) is 19.4 Å². The Morgan fingerprint density at radius 2 is 2.05 bits per heavy atom. The third-order valence-electron chi connectivity index (χ3n) is 3.67. The predicted octanol–water partition coefficient (Wildman–Crippen LogP) is 2.66. The highest BCUT2D eigenvalue weighted by Crippen LogP contribution is 2.22. The van der Waals surface area contributed by atoms with Crippen molar-refractivity contribution in [3.63, 3.8) is 0 Å². The van der Waals surface area contributed by atoms with E-state index < -0.39 is 0 Å². The number of hydrogen-bond donors (Lipinski definition) is 1. The zero-order valence-electron chi connectivity index (χ0n) is 12.4. The van der Waals surface area contributed by atoms with Crippen LogP contribution in [0, 0.1) is 13.8 Å². The fraction of sp³-hybridized carbons (Fsp3) is 0.312. The summed E-state index contributed by atoms with van der Waals surface area (Å²) in [6.45, 7) is 5.00. The number of hydrogen-bond acceptors (Lipinski definition) is 4. The summed E-state index contributed by atoms with van der Waals surface area (Å²) in [7, 11) is 0. The molecule has 0 saturated heterocycles.